The highest BCUT2D eigenvalue weighted by Gasteiger charge is 2.44. The normalized spacial score (nSPS) is 20.9. The smallest absolute Gasteiger partial charge is 0.360 e. The summed E-state index contributed by atoms with van der Waals surface area (Å²) < 4.78 is 39.1. The van der Waals surface area contributed by atoms with Crippen LogP contribution in [0, 0.1) is 0 Å². The first kappa shape index (κ1) is 14.2. The highest BCUT2D eigenvalue weighted by Crippen LogP contribution is 2.35. The molecule has 4 heteroatoms. The molecule has 0 aliphatic carbocycles. The Kier molecular flexibility index (Phi) is 4.07. The van der Waals surface area contributed by atoms with E-state index in [0.29, 0.717) is 24.6 Å². The number of hydrogen-bond acceptors (Lipinski definition) is 1. The summed E-state index contributed by atoms with van der Waals surface area (Å²) in [4.78, 5) is 1.51. The summed E-state index contributed by atoms with van der Waals surface area (Å²) in [6, 6.07) is 6.18. The first-order valence-corrected chi connectivity index (χ1v) is 6.83. The molecule has 1 saturated heterocycles. The summed E-state index contributed by atoms with van der Waals surface area (Å²) >= 11 is 0. The van der Waals surface area contributed by atoms with Crippen molar-refractivity contribution < 1.29 is 13.2 Å². The number of hydrogen-bond donors (Lipinski definition) is 0. The van der Waals surface area contributed by atoms with Gasteiger partial charge in [0.1, 0.15) is 6.04 Å². The van der Waals surface area contributed by atoms with Crippen LogP contribution in [0.4, 0.5) is 18.9 Å². The Balaban J connectivity index is 2.22. The molecular weight excluding hydrogens is 251 g/mol. The van der Waals surface area contributed by atoms with Gasteiger partial charge in [0.2, 0.25) is 0 Å². The third-order valence-electron chi connectivity index (χ3n) is 3.77. The Bertz CT molecular complexity index is 408. The van der Waals surface area contributed by atoms with Crippen LogP contribution in [-0.4, -0.2) is 18.8 Å². The summed E-state index contributed by atoms with van der Waals surface area (Å²) in [5, 5.41) is 0. The van der Waals surface area contributed by atoms with Gasteiger partial charge in [0.25, 0.3) is 0 Å². The molecule has 1 nitrogen and oxygen atoms in total. The van der Waals surface area contributed by atoms with Gasteiger partial charge in [-0.3, -0.25) is 0 Å². The second-order valence-corrected chi connectivity index (χ2v) is 5.49. The molecule has 1 fully saturated rings. The van der Waals surface area contributed by atoms with E-state index in [9.17, 15) is 13.2 Å². The van der Waals surface area contributed by atoms with Crippen molar-refractivity contribution in [1.82, 2.24) is 0 Å². The lowest BCUT2D eigenvalue weighted by molar-refractivity contribution is -0.152. The van der Waals surface area contributed by atoms with E-state index in [4.69, 9.17) is 0 Å². The quantitative estimate of drug-likeness (QED) is 0.751. The maximum Gasteiger partial charge on any atom is 0.408 e. The lowest BCUT2D eigenvalue weighted by Gasteiger charge is -2.38. The van der Waals surface area contributed by atoms with Crippen LogP contribution < -0.4 is 4.90 Å². The number of anilines is 1. The van der Waals surface area contributed by atoms with Crippen molar-refractivity contribution in [2.45, 2.75) is 51.2 Å². The predicted octanol–water partition coefficient (Wildman–Crippen LogP) is 4.73. The van der Waals surface area contributed by atoms with E-state index >= 15 is 0 Å². The first-order valence-electron chi connectivity index (χ1n) is 6.83. The molecule has 2 rings (SSSR count). The molecule has 106 valence electrons. The van der Waals surface area contributed by atoms with E-state index in [0.717, 1.165) is 12.0 Å². The van der Waals surface area contributed by atoms with Gasteiger partial charge in [-0.2, -0.15) is 13.2 Å². The molecule has 0 N–H and O–H groups in total. The van der Waals surface area contributed by atoms with Gasteiger partial charge in [0.15, 0.2) is 0 Å². The van der Waals surface area contributed by atoms with Crippen molar-refractivity contribution in [3.8, 4) is 0 Å². The molecule has 0 amide bonds. The maximum atomic E-state index is 13.0. The van der Waals surface area contributed by atoms with Crippen LogP contribution in [0.5, 0.6) is 0 Å². The molecule has 0 radical (unpaired) electrons. The van der Waals surface area contributed by atoms with E-state index in [1.54, 1.807) is 0 Å². The van der Waals surface area contributed by atoms with E-state index < -0.39 is 12.2 Å². The van der Waals surface area contributed by atoms with E-state index in [2.05, 4.69) is 13.8 Å². The second kappa shape index (κ2) is 5.43. The number of alkyl halides is 3. The second-order valence-electron chi connectivity index (χ2n) is 5.49. The van der Waals surface area contributed by atoms with Gasteiger partial charge in [0.05, 0.1) is 0 Å². The van der Waals surface area contributed by atoms with Crippen molar-refractivity contribution in [3.05, 3.63) is 29.8 Å². The molecule has 1 unspecified atom stereocenters. The predicted molar refractivity (Wildman–Crippen MR) is 71.6 cm³/mol. The highest BCUT2D eigenvalue weighted by molar-refractivity contribution is 5.49. The van der Waals surface area contributed by atoms with Gasteiger partial charge in [0, 0.05) is 12.2 Å². The minimum atomic E-state index is -4.14. The standard InChI is InChI=1S/C15H20F3N/c1-11(2)12-6-8-13(9-7-12)19-10-4-3-5-14(19)15(16,17)18/h6-9,11,14H,3-5,10H2,1-2H3. The topological polar surface area (TPSA) is 3.24 Å². The molecule has 0 aromatic heterocycles. The number of nitrogens with zero attached hydrogens (tertiary/aromatic N) is 1. The number of piperidine rings is 1. The zero-order valence-corrected chi connectivity index (χ0v) is 11.4. The molecule has 0 saturated carbocycles. The van der Waals surface area contributed by atoms with Crippen molar-refractivity contribution in [3.63, 3.8) is 0 Å². The molecule has 19 heavy (non-hydrogen) atoms. The number of rotatable bonds is 2. The molecule has 1 aliphatic heterocycles. The van der Waals surface area contributed by atoms with Gasteiger partial charge >= 0.3 is 6.18 Å². The van der Waals surface area contributed by atoms with E-state index in [1.807, 2.05) is 24.3 Å². The van der Waals surface area contributed by atoms with Gasteiger partial charge in [-0.1, -0.05) is 26.0 Å². The lowest BCUT2D eigenvalue weighted by Crippen LogP contribution is -2.48. The number of halogens is 3. The van der Waals surface area contributed by atoms with Crippen LogP contribution in [0.1, 0.15) is 44.6 Å². The van der Waals surface area contributed by atoms with E-state index in [-0.39, 0.29) is 6.42 Å². The van der Waals surface area contributed by atoms with Crippen molar-refractivity contribution in [2.75, 3.05) is 11.4 Å². The van der Waals surface area contributed by atoms with E-state index in [1.165, 1.54) is 4.90 Å². The summed E-state index contributed by atoms with van der Waals surface area (Å²) in [5.74, 6) is 0.397. The molecular formula is C15H20F3N. The Hall–Kier alpha value is -1.19. The SMILES string of the molecule is CC(C)c1ccc(N2CCCCC2C(F)(F)F)cc1. The third kappa shape index (κ3) is 3.23. The lowest BCUT2D eigenvalue weighted by atomic mass is 9.99. The Morgan fingerprint density at radius 2 is 1.74 bits per heavy atom. The fraction of sp³-hybridized carbons (Fsp3) is 0.600. The van der Waals surface area contributed by atoms with Crippen LogP contribution in [0.25, 0.3) is 0 Å². The van der Waals surface area contributed by atoms with Crippen LogP contribution in [0.15, 0.2) is 24.3 Å². The van der Waals surface area contributed by atoms with Crippen molar-refractivity contribution >= 4 is 5.69 Å². The monoisotopic (exact) mass is 271 g/mol. The molecule has 0 spiro atoms. The summed E-state index contributed by atoms with van der Waals surface area (Å²) in [6.07, 6.45) is -2.45. The van der Waals surface area contributed by atoms with Crippen molar-refractivity contribution in [1.29, 1.82) is 0 Å². The molecule has 1 aromatic rings. The van der Waals surface area contributed by atoms with Crippen LogP contribution in [0.2, 0.25) is 0 Å². The third-order valence-corrected chi connectivity index (χ3v) is 3.77. The summed E-state index contributed by atoms with van der Waals surface area (Å²) in [5.41, 5.74) is 1.84. The van der Waals surface area contributed by atoms with Crippen LogP contribution >= 0.6 is 0 Å². The molecule has 1 heterocycles. The highest BCUT2D eigenvalue weighted by atomic mass is 19.4. The Labute approximate surface area is 112 Å². The fourth-order valence-corrected chi connectivity index (χ4v) is 2.63. The maximum absolute atomic E-state index is 13.0. The van der Waals surface area contributed by atoms with Gasteiger partial charge in [-0.15, -0.1) is 0 Å². The molecule has 1 atom stereocenters. The zero-order chi connectivity index (χ0) is 14.0. The molecule has 1 aromatic carbocycles. The minimum Gasteiger partial charge on any atom is -0.360 e. The summed E-state index contributed by atoms with van der Waals surface area (Å²) in [7, 11) is 0. The van der Waals surface area contributed by atoms with Gasteiger partial charge in [-0.25, -0.2) is 0 Å². The average Bonchev–Trinajstić information content (AvgIpc) is 2.38. The fourth-order valence-electron chi connectivity index (χ4n) is 2.63. The Morgan fingerprint density at radius 3 is 2.26 bits per heavy atom. The van der Waals surface area contributed by atoms with Crippen LogP contribution in [0.3, 0.4) is 0 Å². The molecule has 0 bridgehead atoms. The average molecular weight is 271 g/mol. The first-order chi connectivity index (χ1) is 8.89. The van der Waals surface area contributed by atoms with Gasteiger partial charge < -0.3 is 4.90 Å². The largest absolute Gasteiger partial charge is 0.408 e. The molecule has 1 aliphatic rings. The van der Waals surface area contributed by atoms with Crippen molar-refractivity contribution in [2.24, 2.45) is 0 Å². The van der Waals surface area contributed by atoms with Crippen LogP contribution in [-0.2, 0) is 0 Å². The zero-order valence-electron chi connectivity index (χ0n) is 11.4. The Morgan fingerprint density at radius 1 is 1.11 bits per heavy atom. The number of benzene rings is 1. The van der Waals surface area contributed by atoms with Gasteiger partial charge in [-0.05, 0) is 42.9 Å². The minimum absolute atomic E-state index is 0.204. The summed E-state index contributed by atoms with van der Waals surface area (Å²) in [6.45, 7) is 4.65.